The van der Waals surface area contributed by atoms with Gasteiger partial charge < -0.3 is 15.6 Å². The molecule has 0 spiro atoms. The van der Waals surface area contributed by atoms with Crippen LogP contribution in [0.25, 0.3) is 0 Å². The largest absolute Gasteiger partial charge is 0.493 e. The molecule has 1 aliphatic rings. The van der Waals surface area contributed by atoms with Crippen molar-refractivity contribution in [2.24, 2.45) is 11.7 Å². The molecule has 3 N–H and O–H groups in total. The summed E-state index contributed by atoms with van der Waals surface area (Å²) in [5, 5.41) is 9.60. The SMILES string of the molecule is NCC(O)C1COc2ccccc2C1. The van der Waals surface area contributed by atoms with Crippen molar-refractivity contribution in [3.8, 4) is 5.75 Å². The maximum Gasteiger partial charge on any atom is 0.122 e. The highest BCUT2D eigenvalue weighted by atomic mass is 16.5. The van der Waals surface area contributed by atoms with Gasteiger partial charge in [0.15, 0.2) is 0 Å². The van der Waals surface area contributed by atoms with Gasteiger partial charge in [-0.15, -0.1) is 0 Å². The Balaban J connectivity index is 2.13. The number of benzene rings is 1. The van der Waals surface area contributed by atoms with Gasteiger partial charge in [-0.05, 0) is 18.1 Å². The fourth-order valence-corrected chi connectivity index (χ4v) is 1.79. The molecule has 1 aliphatic heterocycles. The molecule has 0 saturated carbocycles. The summed E-state index contributed by atoms with van der Waals surface area (Å²) in [6.45, 7) is 0.867. The zero-order chi connectivity index (χ0) is 9.97. The van der Waals surface area contributed by atoms with Gasteiger partial charge in [-0.25, -0.2) is 0 Å². The van der Waals surface area contributed by atoms with Crippen molar-refractivity contribution < 1.29 is 9.84 Å². The molecule has 0 radical (unpaired) electrons. The average Bonchev–Trinajstić information content (AvgIpc) is 2.27. The van der Waals surface area contributed by atoms with Gasteiger partial charge in [0, 0.05) is 12.5 Å². The summed E-state index contributed by atoms with van der Waals surface area (Å²) < 4.78 is 5.54. The van der Waals surface area contributed by atoms with Gasteiger partial charge >= 0.3 is 0 Å². The van der Waals surface area contributed by atoms with Gasteiger partial charge in [0.2, 0.25) is 0 Å². The van der Waals surface area contributed by atoms with Crippen LogP contribution in [0.5, 0.6) is 5.75 Å². The number of aliphatic hydroxyl groups is 1. The molecule has 2 rings (SSSR count). The summed E-state index contributed by atoms with van der Waals surface area (Å²) >= 11 is 0. The Morgan fingerprint density at radius 2 is 2.29 bits per heavy atom. The van der Waals surface area contributed by atoms with Crippen LogP contribution in [-0.4, -0.2) is 24.4 Å². The Labute approximate surface area is 83.5 Å². The van der Waals surface area contributed by atoms with E-state index < -0.39 is 6.10 Å². The molecule has 14 heavy (non-hydrogen) atoms. The van der Waals surface area contributed by atoms with Gasteiger partial charge in [-0.1, -0.05) is 18.2 Å². The van der Waals surface area contributed by atoms with E-state index in [1.54, 1.807) is 0 Å². The van der Waals surface area contributed by atoms with Gasteiger partial charge in [0.25, 0.3) is 0 Å². The quantitative estimate of drug-likeness (QED) is 0.721. The summed E-state index contributed by atoms with van der Waals surface area (Å²) in [7, 11) is 0. The first-order chi connectivity index (χ1) is 6.81. The van der Waals surface area contributed by atoms with Crippen LogP contribution in [0.2, 0.25) is 0 Å². The molecule has 0 saturated heterocycles. The average molecular weight is 193 g/mol. The molecule has 2 atom stereocenters. The predicted octanol–water partition coefficient (Wildman–Crippen LogP) is 0.557. The van der Waals surface area contributed by atoms with Gasteiger partial charge in [-0.3, -0.25) is 0 Å². The number of nitrogens with two attached hydrogens (primary N) is 1. The molecular weight excluding hydrogens is 178 g/mol. The molecule has 0 fully saturated rings. The van der Waals surface area contributed by atoms with E-state index in [4.69, 9.17) is 10.5 Å². The zero-order valence-corrected chi connectivity index (χ0v) is 8.02. The highest BCUT2D eigenvalue weighted by Crippen LogP contribution is 2.27. The number of aliphatic hydroxyl groups excluding tert-OH is 1. The van der Waals surface area contributed by atoms with E-state index in [0.29, 0.717) is 13.2 Å². The molecule has 1 aromatic carbocycles. The van der Waals surface area contributed by atoms with Crippen molar-refractivity contribution in [2.45, 2.75) is 12.5 Å². The maximum absolute atomic E-state index is 9.60. The van der Waals surface area contributed by atoms with Crippen molar-refractivity contribution in [3.05, 3.63) is 29.8 Å². The molecule has 0 aromatic heterocycles. The fraction of sp³-hybridized carbons (Fsp3) is 0.455. The second-order valence-corrected chi connectivity index (χ2v) is 3.69. The minimum atomic E-state index is -0.455. The van der Waals surface area contributed by atoms with Crippen LogP contribution in [-0.2, 0) is 6.42 Å². The second-order valence-electron chi connectivity index (χ2n) is 3.69. The Kier molecular flexibility index (Phi) is 2.70. The zero-order valence-electron chi connectivity index (χ0n) is 8.02. The second kappa shape index (κ2) is 3.98. The lowest BCUT2D eigenvalue weighted by molar-refractivity contribution is 0.0711. The van der Waals surface area contributed by atoms with Gasteiger partial charge in [0.05, 0.1) is 12.7 Å². The molecular formula is C11H15NO2. The van der Waals surface area contributed by atoms with Crippen molar-refractivity contribution in [2.75, 3.05) is 13.2 Å². The van der Waals surface area contributed by atoms with Crippen LogP contribution >= 0.6 is 0 Å². The normalized spacial score (nSPS) is 22.3. The van der Waals surface area contributed by atoms with E-state index in [2.05, 4.69) is 0 Å². The molecule has 0 amide bonds. The molecule has 3 nitrogen and oxygen atoms in total. The molecule has 3 heteroatoms. The molecule has 76 valence electrons. The van der Waals surface area contributed by atoms with E-state index in [1.807, 2.05) is 24.3 Å². The monoisotopic (exact) mass is 193 g/mol. The van der Waals surface area contributed by atoms with E-state index in [1.165, 1.54) is 0 Å². The van der Waals surface area contributed by atoms with Crippen molar-refractivity contribution in [1.29, 1.82) is 0 Å². The van der Waals surface area contributed by atoms with Crippen LogP contribution in [0.15, 0.2) is 24.3 Å². The highest BCUT2D eigenvalue weighted by Gasteiger charge is 2.24. The van der Waals surface area contributed by atoms with E-state index >= 15 is 0 Å². The van der Waals surface area contributed by atoms with Crippen molar-refractivity contribution in [1.82, 2.24) is 0 Å². The molecule has 0 bridgehead atoms. The number of hydrogen-bond donors (Lipinski definition) is 2. The number of ether oxygens (including phenoxy) is 1. The third-order valence-corrected chi connectivity index (χ3v) is 2.69. The number of hydrogen-bond acceptors (Lipinski definition) is 3. The highest BCUT2D eigenvalue weighted by molar-refractivity contribution is 5.35. The number of para-hydroxylation sites is 1. The molecule has 1 aromatic rings. The number of rotatable bonds is 2. The van der Waals surface area contributed by atoms with Crippen molar-refractivity contribution >= 4 is 0 Å². The Morgan fingerprint density at radius 3 is 3.07 bits per heavy atom. The van der Waals surface area contributed by atoms with Crippen LogP contribution < -0.4 is 10.5 Å². The standard InChI is InChI=1S/C11H15NO2/c12-6-10(13)9-5-8-3-1-2-4-11(8)14-7-9/h1-4,9-10,13H,5-7,12H2. The topological polar surface area (TPSA) is 55.5 Å². The summed E-state index contributed by atoms with van der Waals surface area (Å²) in [5.41, 5.74) is 6.58. The predicted molar refractivity (Wildman–Crippen MR) is 54.2 cm³/mol. The summed E-state index contributed by atoms with van der Waals surface area (Å²) in [4.78, 5) is 0. The third kappa shape index (κ3) is 1.74. The Hall–Kier alpha value is -1.06. The van der Waals surface area contributed by atoms with Crippen LogP contribution in [0.3, 0.4) is 0 Å². The lowest BCUT2D eigenvalue weighted by atomic mass is 9.92. The molecule has 1 heterocycles. The minimum Gasteiger partial charge on any atom is -0.493 e. The first-order valence-corrected chi connectivity index (χ1v) is 4.90. The third-order valence-electron chi connectivity index (χ3n) is 2.69. The summed E-state index contributed by atoms with van der Waals surface area (Å²) in [6, 6.07) is 7.93. The lowest BCUT2D eigenvalue weighted by Crippen LogP contribution is -2.36. The first-order valence-electron chi connectivity index (χ1n) is 4.90. The van der Waals surface area contributed by atoms with Gasteiger partial charge in [0.1, 0.15) is 5.75 Å². The molecule has 2 unspecified atom stereocenters. The molecule has 0 aliphatic carbocycles. The van der Waals surface area contributed by atoms with Crippen LogP contribution in [0.1, 0.15) is 5.56 Å². The van der Waals surface area contributed by atoms with E-state index in [0.717, 1.165) is 17.7 Å². The smallest absolute Gasteiger partial charge is 0.122 e. The van der Waals surface area contributed by atoms with Gasteiger partial charge in [-0.2, -0.15) is 0 Å². The number of fused-ring (bicyclic) bond motifs is 1. The van der Waals surface area contributed by atoms with E-state index in [-0.39, 0.29) is 5.92 Å². The van der Waals surface area contributed by atoms with E-state index in [9.17, 15) is 5.11 Å². The fourth-order valence-electron chi connectivity index (χ4n) is 1.79. The minimum absolute atomic E-state index is 0.134. The summed E-state index contributed by atoms with van der Waals surface area (Å²) in [6.07, 6.45) is 0.400. The first kappa shape index (κ1) is 9.49. The summed E-state index contributed by atoms with van der Waals surface area (Å²) in [5.74, 6) is 1.07. The Morgan fingerprint density at radius 1 is 1.50 bits per heavy atom. The van der Waals surface area contributed by atoms with Crippen molar-refractivity contribution in [3.63, 3.8) is 0 Å². The Bertz CT molecular complexity index is 314. The van der Waals surface area contributed by atoms with Crippen LogP contribution in [0, 0.1) is 5.92 Å². The lowest BCUT2D eigenvalue weighted by Gasteiger charge is -2.28. The van der Waals surface area contributed by atoms with Crippen LogP contribution in [0.4, 0.5) is 0 Å². The maximum atomic E-state index is 9.60.